The van der Waals surface area contributed by atoms with Crippen LogP contribution in [-0.4, -0.2) is 113 Å². The summed E-state index contributed by atoms with van der Waals surface area (Å²) in [5.74, 6) is 5.03. The van der Waals surface area contributed by atoms with E-state index in [2.05, 4.69) is 4.99 Å². The molecule has 74 heavy (non-hydrogen) atoms. The van der Waals surface area contributed by atoms with Gasteiger partial charge in [-0.1, -0.05) is 20.8 Å². The van der Waals surface area contributed by atoms with Crippen molar-refractivity contribution < 1.29 is 57.8 Å². The number of allylic oxidation sites excluding steroid dienone is 3. The van der Waals surface area contributed by atoms with Crippen LogP contribution in [0.15, 0.2) is 75.4 Å². The molecule has 0 aliphatic carbocycles. The van der Waals surface area contributed by atoms with Gasteiger partial charge in [0, 0.05) is 52.3 Å². The van der Waals surface area contributed by atoms with Crippen LogP contribution in [0.2, 0.25) is 0 Å². The third-order valence-corrected chi connectivity index (χ3v) is 13.5. The predicted octanol–water partition coefficient (Wildman–Crippen LogP) is 6.85. The van der Waals surface area contributed by atoms with Crippen LogP contribution in [0.5, 0.6) is 17.2 Å². The van der Waals surface area contributed by atoms with Gasteiger partial charge in [-0.3, -0.25) is 14.6 Å². The topological polar surface area (TPSA) is 259 Å². The number of nitrogens with two attached hydrogens (primary N) is 2. The number of fused-ring (bicyclic) bond motifs is 5. The van der Waals surface area contributed by atoms with Gasteiger partial charge in [0.2, 0.25) is 0 Å². The smallest absolute Gasteiger partial charge is 0.343 e. The number of nitrogens with zero attached hydrogens (tertiary/aromatic N) is 4. The van der Waals surface area contributed by atoms with Crippen molar-refractivity contribution in [3.8, 4) is 28.6 Å². The maximum Gasteiger partial charge on any atom is 0.343 e. The first-order chi connectivity index (χ1) is 35.3. The molecule has 0 bridgehead atoms. The molecule has 7 rings (SSSR count). The molecule has 2 atom stereocenters. The number of phenols is 1. The number of phenolic OH excluding ortho intramolecular Hbond substituents is 1. The van der Waals surface area contributed by atoms with Crippen LogP contribution < -0.4 is 26.6 Å². The summed E-state index contributed by atoms with van der Waals surface area (Å²) in [6, 6.07) is 11.5. The lowest BCUT2D eigenvalue weighted by molar-refractivity contribution is -0.203. The molecule has 0 radical (unpaired) electrons. The Bertz CT molecular complexity index is 2910. The van der Waals surface area contributed by atoms with Gasteiger partial charge < -0.3 is 58.7 Å². The van der Waals surface area contributed by atoms with Gasteiger partial charge in [0.1, 0.15) is 29.5 Å². The number of aryl methyl sites for hydroxylation is 1. The number of hydrazine groups is 1. The second-order valence-electron chi connectivity index (χ2n) is 19.4. The summed E-state index contributed by atoms with van der Waals surface area (Å²) in [6.45, 7) is 15.6. The number of Topliss-reactive ketones (excluding diaryl/α,β-unsaturated/α-hetero) is 1. The summed E-state index contributed by atoms with van der Waals surface area (Å²) in [5.41, 5.74) is 11.1. The zero-order valence-electron chi connectivity index (χ0n) is 43.5. The first kappa shape index (κ1) is 55.1. The molecular formula is C55H70N6O13. The molecule has 3 aliphatic heterocycles. The average molecular weight is 1020 g/mol. The van der Waals surface area contributed by atoms with Gasteiger partial charge in [0.15, 0.2) is 11.4 Å². The molecule has 19 heteroatoms. The van der Waals surface area contributed by atoms with Crippen molar-refractivity contribution in [3.05, 3.63) is 104 Å². The van der Waals surface area contributed by atoms with Crippen LogP contribution >= 0.6 is 0 Å². The second-order valence-corrected chi connectivity index (χ2v) is 19.4. The number of cyclic esters (lactones) is 1. The summed E-state index contributed by atoms with van der Waals surface area (Å²) in [7, 11) is 0. The Balaban J connectivity index is 0.789. The largest absolute Gasteiger partial charge is 0.508 e. The molecule has 398 valence electrons. The Morgan fingerprint density at radius 3 is 2.34 bits per heavy atom. The van der Waals surface area contributed by atoms with E-state index in [4.69, 9.17) is 49.7 Å². The summed E-state index contributed by atoms with van der Waals surface area (Å²) in [5, 5.41) is 22.1. The van der Waals surface area contributed by atoms with E-state index < -0.39 is 23.1 Å². The van der Waals surface area contributed by atoms with E-state index in [-0.39, 0.29) is 81.0 Å². The number of esters is 1. The number of aromatic nitrogens is 2. The minimum absolute atomic E-state index is 0.00132. The molecule has 2 aromatic carbocycles. The van der Waals surface area contributed by atoms with Crippen molar-refractivity contribution >= 4 is 34.3 Å². The number of hydrogen-bond donors (Lipinski definition) is 4. The minimum atomic E-state index is -1.73. The number of ether oxygens (including phenoxy) is 7. The summed E-state index contributed by atoms with van der Waals surface area (Å²) in [4.78, 5) is 62.6. The zero-order valence-corrected chi connectivity index (χ0v) is 43.5. The highest BCUT2D eigenvalue weighted by molar-refractivity contribution is 6.04. The first-order valence-electron chi connectivity index (χ1n) is 25.3. The third-order valence-electron chi connectivity index (χ3n) is 13.5. The molecule has 1 unspecified atom stereocenters. The van der Waals surface area contributed by atoms with Crippen LogP contribution in [0.3, 0.4) is 0 Å². The fourth-order valence-electron chi connectivity index (χ4n) is 9.67. The van der Waals surface area contributed by atoms with E-state index in [0.717, 1.165) is 40.8 Å². The summed E-state index contributed by atoms with van der Waals surface area (Å²) >= 11 is 0. The maximum atomic E-state index is 14.2. The van der Waals surface area contributed by atoms with Gasteiger partial charge in [-0.05, 0) is 113 Å². The van der Waals surface area contributed by atoms with Gasteiger partial charge >= 0.3 is 11.9 Å². The summed E-state index contributed by atoms with van der Waals surface area (Å²) < 4.78 is 42.6. The summed E-state index contributed by atoms with van der Waals surface area (Å²) in [6.07, 6.45) is 4.51. The number of benzene rings is 2. The van der Waals surface area contributed by atoms with Crippen molar-refractivity contribution in [3.63, 3.8) is 0 Å². The number of carbonyl (C=O) groups is 3. The Morgan fingerprint density at radius 1 is 0.959 bits per heavy atom. The Hall–Kier alpha value is -6.64. The Kier molecular flexibility index (Phi) is 18.0. The van der Waals surface area contributed by atoms with E-state index in [0.29, 0.717) is 91.0 Å². The lowest BCUT2D eigenvalue weighted by Gasteiger charge is -2.41. The lowest BCUT2D eigenvalue weighted by atomic mass is 9.84. The molecule has 4 aromatic rings. The molecule has 0 spiro atoms. The monoisotopic (exact) mass is 1020 g/mol. The SMILES string of the molecule is CCc1c2c(nc3ccc(O)cc13)-c1cc3c(c(=O)n1C2)COC(=O)C3(CC)OC(C)(C)C(=O)CCOCCOCCOCCN(N)/C=C(\N)C[C@@H](C)COc1cc(OCCCC2=C(C)N=C2C)cc(C(=O)O)c1. The van der Waals surface area contributed by atoms with E-state index in [9.17, 15) is 29.4 Å². The number of aliphatic imine (C=N–C) groups is 1. The highest BCUT2D eigenvalue weighted by atomic mass is 16.6. The van der Waals surface area contributed by atoms with Crippen LogP contribution in [0.25, 0.3) is 22.3 Å². The number of hydrogen-bond acceptors (Lipinski definition) is 17. The second kappa shape index (κ2) is 24.1. The number of pyridine rings is 2. The number of aromatic carboxylic acids is 1. The number of aromatic hydroxyl groups is 1. The van der Waals surface area contributed by atoms with E-state index >= 15 is 0 Å². The van der Waals surface area contributed by atoms with E-state index in [1.807, 2.05) is 27.7 Å². The van der Waals surface area contributed by atoms with Crippen LogP contribution in [-0.2, 0) is 58.4 Å². The van der Waals surface area contributed by atoms with E-state index in [1.165, 1.54) is 22.7 Å². The quantitative estimate of drug-likeness (QED) is 0.0165. The first-order valence-corrected chi connectivity index (χ1v) is 25.3. The highest BCUT2D eigenvalue weighted by Crippen LogP contribution is 2.44. The molecule has 2 aromatic heterocycles. The molecule has 0 fully saturated rings. The zero-order chi connectivity index (χ0) is 53.3. The third kappa shape index (κ3) is 12.6. The van der Waals surface area contributed by atoms with Gasteiger partial charge in [-0.15, -0.1) is 0 Å². The molecule has 3 aliphatic rings. The van der Waals surface area contributed by atoms with E-state index in [1.54, 1.807) is 61.9 Å². The molecule has 0 saturated heterocycles. The standard InChI is InChI=1S/C55H70N6O13/c1-8-41-43-26-38(62)12-13-47(43)59-50-44(41)30-61-48(50)28-46-45(51(61)64)32-73-53(67)55(46,9-2)74-54(6,7)49(63)14-17-68-19-21-70-22-20-69-18-15-60(57)29-37(56)23-33(3)31-72-40-25-36(52(65)66)24-39(27-40)71-16-10-11-42-34(4)58-35(42)5/h12-13,24-29,33,62H,8-11,14-23,30-32,56-57H2,1-7H3,(H,65,66)/b37-29-/t33-,55?/m1/s1. The van der Waals surface area contributed by atoms with Gasteiger partial charge in [0.25, 0.3) is 5.56 Å². The Morgan fingerprint density at radius 2 is 1.66 bits per heavy atom. The minimum Gasteiger partial charge on any atom is -0.508 e. The van der Waals surface area contributed by atoms with Crippen LogP contribution in [0.1, 0.15) is 113 Å². The van der Waals surface area contributed by atoms with Crippen molar-refractivity contribution in [2.75, 3.05) is 59.4 Å². The molecule has 5 heterocycles. The van der Waals surface area contributed by atoms with Crippen molar-refractivity contribution in [1.82, 2.24) is 14.6 Å². The highest BCUT2D eigenvalue weighted by Gasteiger charge is 2.52. The fourth-order valence-corrected chi connectivity index (χ4v) is 9.67. The molecular weight excluding hydrogens is 953 g/mol. The molecule has 0 amide bonds. The van der Waals surface area contributed by atoms with Crippen molar-refractivity contribution in [2.45, 2.75) is 111 Å². The number of ketones is 1. The molecule has 0 saturated carbocycles. The maximum absolute atomic E-state index is 14.2. The van der Waals surface area contributed by atoms with Crippen molar-refractivity contribution in [1.29, 1.82) is 0 Å². The fraction of sp³-hybridized carbons (Fsp3) is 0.491. The van der Waals surface area contributed by atoms with Gasteiger partial charge in [-0.25, -0.2) is 20.4 Å². The number of rotatable bonds is 29. The van der Waals surface area contributed by atoms with Crippen LogP contribution in [0, 0.1) is 5.92 Å². The molecule has 19 nitrogen and oxygen atoms in total. The van der Waals surface area contributed by atoms with Crippen molar-refractivity contribution in [2.24, 2.45) is 22.5 Å². The lowest BCUT2D eigenvalue weighted by Crippen LogP contribution is -2.52. The van der Waals surface area contributed by atoms with Gasteiger partial charge in [0.05, 0.1) is 94.0 Å². The number of carboxylic acid groups (broad SMARTS) is 1. The number of carboxylic acids is 1. The molecule has 6 N–H and O–H groups in total. The average Bonchev–Trinajstić information content (AvgIpc) is 3.73. The van der Waals surface area contributed by atoms with Gasteiger partial charge in [-0.2, -0.15) is 0 Å². The predicted molar refractivity (Wildman–Crippen MR) is 277 cm³/mol. The van der Waals surface area contributed by atoms with Crippen LogP contribution in [0.4, 0.5) is 0 Å². The number of carbonyl (C=O) groups excluding carboxylic acids is 2. The normalized spacial score (nSPS) is 16.5. The Labute approximate surface area is 431 Å².